The van der Waals surface area contributed by atoms with Gasteiger partial charge in [0.05, 0.1) is 10.7 Å². The molecule has 0 heterocycles. The number of halogens is 1. The van der Waals surface area contributed by atoms with E-state index in [0.29, 0.717) is 36.2 Å². The number of urea groups is 1. The topological polar surface area (TPSA) is 67.4 Å². The highest BCUT2D eigenvalue weighted by atomic mass is 35.5. The van der Waals surface area contributed by atoms with Gasteiger partial charge >= 0.3 is 6.03 Å². The molecular weight excluding hydrogens is 312 g/mol. The van der Waals surface area contributed by atoms with Gasteiger partial charge in [-0.2, -0.15) is 0 Å². The number of hydrogen-bond acceptors (Lipinski definition) is 3. The largest absolute Gasteiger partial charge is 0.382 e. The Labute approximate surface area is 132 Å². The third-order valence-corrected chi connectivity index (χ3v) is 3.67. The van der Waals surface area contributed by atoms with Crippen LogP contribution in [-0.2, 0) is 21.3 Å². The number of nitrogens with one attached hydrogen (secondary N) is 2. The van der Waals surface area contributed by atoms with E-state index >= 15 is 0 Å². The van der Waals surface area contributed by atoms with Crippen LogP contribution in [0, 0.1) is 0 Å². The van der Waals surface area contributed by atoms with Crippen LogP contribution in [0.3, 0.4) is 0 Å². The van der Waals surface area contributed by atoms with E-state index in [1.165, 1.54) is 0 Å². The molecule has 1 rings (SSSR count). The minimum absolute atomic E-state index is 0.317. The van der Waals surface area contributed by atoms with Gasteiger partial charge in [0.1, 0.15) is 0 Å². The number of carbonyl (C=O) groups excluding carboxylic acids is 1. The van der Waals surface area contributed by atoms with Gasteiger partial charge in [0, 0.05) is 42.6 Å². The van der Waals surface area contributed by atoms with E-state index in [1.807, 2.05) is 6.92 Å². The maximum absolute atomic E-state index is 11.7. The van der Waals surface area contributed by atoms with Gasteiger partial charge in [-0.05, 0) is 31.0 Å². The summed E-state index contributed by atoms with van der Waals surface area (Å²) >= 11 is 6.04. The number of benzene rings is 1. The first-order valence-corrected chi connectivity index (χ1v) is 8.84. The lowest BCUT2D eigenvalue weighted by molar-refractivity contribution is 0.145. The first-order chi connectivity index (χ1) is 10.0. The number of hydrogen-bond donors (Lipinski definition) is 2. The van der Waals surface area contributed by atoms with Crippen LogP contribution in [0.5, 0.6) is 0 Å². The summed E-state index contributed by atoms with van der Waals surface area (Å²) in [7, 11) is -0.938. The Bertz CT molecular complexity index is 497. The molecule has 1 aromatic rings. The van der Waals surface area contributed by atoms with Crippen molar-refractivity contribution in [2.45, 2.75) is 19.1 Å². The highest BCUT2D eigenvalue weighted by molar-refractivity contribution is 7.83. The van der Waals surface area contributed by atoms with Crippen LogP contribution in [0.15, 0.2) is 18.2 Å². The summed E-state index contributed by atoms with van der Waals surface area (Å²) in [4.78, 5) is 11.7. The second-order valence-corrected chi connectivity index (χ2v) is 6.31. The summed E-state index contributed by atoms with van der Waals surface area (Å²) in [6.45, 7) is 3.75. The van der Waals surface area contributed by atoms with E-state index in [4.69, 9.17) is 16.3 Å². The summed E-state index contributed by atoms with van der Waals surface area (Å²) in [5.74, 6) is 0.432. The van der Waals surface area contributed by atoms with E-state index in [1.54, 1.807) is 24.5 Å². The van der Waals surface area contributed by atoms with Crippen molar-refractivity contribution in [1.82, 2.24) is 5.32 Å². The quantitative estimate of drug-likeness (QED) is 0.719. The first-order valence-electron chi connectivity index (χ1n) is 6.74. The fourth-order valence-electron chi connectivity index (χ4n) is 1.68. The molecule has 21 heavy (non-hydrogen) atoms. The van der Waals surface area contributed by atoms with Crippen molar-refractivity contribution in [3.8, 4) is 0 Å². The SMILES string of the molecule is CCOCCCNC(=O)Nc1cc(C[S@@](C)=O)ccc1Cl. The van der Waals surface area contributed by atoms with Crippen molar-refractivity contribution < 1.29 is 13.7 Å². The van der Waals surface area contributed by atoms with E-state index in [9.17, 15) is 9.00 Å². The van der Waals surface area contributed by atoms with Gasteiger partial charge in [0.15, 0.2) is 0 Å². The number of carbonyl (C=O) groups is 1. The molecule has 0 spiro atoms. The minimum atomic E-state index is -0.938. The zero-order chi connectivity index (χ0) is 15.7. The molecule has 118 valence electrons. The molecule has 7 heteroatoms. The smallest absolute Gasteiger partial charge is 0.319 e. The number of anilines is 1. The molecule has 0 bridgehead atoms. The van der Waals surface area contributed by atoms with E-state index in [2.05, 4.69) is 10.6 Å². The van der Waals surface area contributed by atoms with Gasteiger partial charge < -0.3 is 15.4 Å². The summed E-state index contributed by atoms with van der Waals surface area (Å²) < 4.78 is 16.4. The summed E-state index contributed by atoms with van der Waals surface area (Å²) in [6, 6.07) is 4.91. The third kappa shape index (κ3) is 7.45. The van der Waals surface area contributed by atoms with Crippen molar-refractivity contribution in [2.75, 3.05) is 31.3 Å². The number of rotatable bonds is 8. The Morgan fingerprint density at radius 3 is 2.86 bits per heavy atom. The van der Waals surface area contributed by atoms with Crippen LogP contribution in [-0.4, -0.2) is 36.3 Å². The molecule has 0 aromatic heterocycles. The van der Waals surface area contributed by atoms with Crippen LogP contribution in [0.2, 0.25) is 5.02 Å². The maximum Gasteiger partial charge on any atom is 0.319 e. The fourth-order valence-corrected chi connectivity index (χ4v) is 2.49. The second-order valence-electron chi connectivity index (χ2n) is 4.46. The predicted molar refractivity (Wildman–Crippen MR) is 87.4 cm³/mol. The minimum Gasteiger partial charge on any atom is -0.382 e. The van der Waals surface area contributed by atoms with Crippen LogP contribution >= 0.6 is 11.6 Å². The van der Waals surface area contributed by atoms with Crippen LogP contribution < -0.4 is 10.6 Å². The molecule has 0 saturated heterocycles. The lowest BCUT2D eigenvalue weighted by Crippen LogP contribution is -2.30. The normalized spacial score (nSPS) is 12.0. The zero-order valence-corrected chi connectivity index (χ0v) is 13.9. The van der Waals surface area contributed by atoms with E-state index in [0.717, 1.165) is 12.0 Å². The van der Waals surface area contributed by atoms with Crippen LogP contribution in [0.1, 0.15) is 18.9 Å². The molecule has 0 saturated carbocycles. The Balaban J connectivity index is 2.49. The molecule has 0 aliphatic carbocycles. The maximum atomic E-state index is 11.7. The zero-order valence-electron chi connectivity index (χ0n) is 12.3. The Kier molecular flexibility index (Phi) is 8.34. The highest BCUT2D eigenvalue weighted by Gasteiger charge is 2.07. The molecule has 0 radical (unpaired) electrons. The Morgan fingerprint density at radius 1 is 1.43 bits per heavy atom. The van der Waals surface area contributed by atoms with E-state index < -0.39 is 10.8 Å². The molecule has 1 atom stereocenters. The molecule has 0 fully saturated rings. The van der Waals surface area contributed by atoms with Crippen LogP contribution in [0.25, 0.3) is 0 Å². The molecule has 2 amide bonds. The molecular formula is C14H21ClN2O3S. The monoisotopic (exact) mass is 332 g/mol. The fraction of sp³-hybridized carbons (Fsp3) is 0.500. The third-order valence-electron chi connectivity index (χ3n) is 2.60. The average molecular weight is 333 g/mol. The highest BCUT2D eigenvalue weighted by Crippen LogP contribution is 2.23. The molecule has 0 unspecified atom stereocenters. The van der Waals surface area contributed by atoms with Crippen molar-refractivity contribution in [1.29, 1.82) is 0 Å². The summed E-state index contributed by atoms with van der Waals surface area (Å²) in [6.07, 6.45) is 2.39. The summed E-state index contributed by atoms with van der Waals surface area (Å²) in [5, 5.41) is 5.87. The van der Waals surface area contributed by atoms with Gasteiger partial charge in [-0.25, -0.2) is 4.79 Å². The van der Waals surface area contributed by atoms with Gasteiger partial charge in [-0.1, -0.05) is 17.7 Å². The Hall–Kier alpha value is -1.11. The Morgan fingerprint density at radius 2 is 2.19 bits per heavy atom. The van der Waals surface area contributed by atoms with Crippen molar-refractivity contribution in [3.05, 3.63) is 28.8 Å². The molecule has 1 aromatic carbocycles. The number of amides is 2. The summed E-state index contributed by atoms with van der Waals surface area (Å²) in [5.41, 5.74) is 1.38. The molecule has 2 N–H and O–H groups in total. The second kappa shape index (κ2) is 9.76. The lowest BCUT2D eigenvalue weighted by Gasteiger charge is -2.10. The predicted octanol–water partition coefficient (Wildman–Crippen LogP) is 2.77. The first kappa shape index (κ1) is 17.9. The molecule has 5 nitrogen and oxygen atoms in total. The standard InChI is InChI=1S/C14H21ClN2O3S/c1-3-20-8-4-7-16-14(18)17-13-9-11(10-21(2)19)5-6-12(13)15/h5-6,9H,3-4,7-8,10H2,1-2H3,(H2,16,17,18)/t21-/m1/s1. The van der Waals surface area contributed by atoms with Crippen LogP contribution in [0.4, 0.5) is 10.5 Å². The van der Waals surface area contributed by atoms with Gasteiger partial charge in [-0.3, -0.25) is 4.21 Å². The molecule has 0 aliphatic rings. The van der Waals surface area contributed by atoms with Gasteiger partial charge in [0.2, 0.25) is 0 Å². The van der Waals surface area contributed by atoms with Crippen molar-refractivity contribution in [3.63, 3.8) is 0 Å². The van der Waals surface area contributed by atoms with Crippen molar-refractivity contribution >= 4 is 34.1 Å². The van der Waals surface area contributed by atoms with Crippen molar-refractivity contribution in [2.24, 2.45) is 0 Å². The lowest BCUT2D eigenvalue weighted by atomic mass is 10.2. The van der Waals surface area contributed by atoms with Gasteiger partial charge in [-0.15, -0.1) is 0 Å². The van der Waals surface area contributed by atoms with Gasteiger partial charge in [0.25, 0.3) is 0 Å². The molecule has 0 aliphatic heterocycles. The average Bonchev–Trinajstić information content (AvgIpc) is 2.42. The van der Waals surface area contributed by atoms with E-state index in [-0.39, 0.29) is 6.03 Å². The number of ether oxygens (including phenoxy) is 1.